The Balaban J connectivity index is 1.55. The van der Waals surface area contributed by atoms with Crippen LogP contribution in [0, 0.1) is 0 Å². The molecule has 0 fully saturated rings. The highest BCUT2D eigenvalue weighted by Crippen LogP contribution is 2.14. The highest BCUT2D eigenvalue weighted by molar-refractivity contribution is 7.99. The Kier molecular flexibility index (Phi) is 6.84. The lowest BCUT2D eigenvalue weighted by molar-refractivity contribution is -0.140. The smallest absolute Gasteiger partial charge is 0.315 e. The molecule has 0 atom stereocenters. The first kappa shape index (κ1) is 16.4. The van der Waals surface area contributed by atoms with Crippen LogP contribution in [-0.2, 0) is 21.7 Å². The van der Waals surface area contributed by atoms with E-state index in [4.69, 9.17) is 10.5 Å². The van der Waals surface area contributed by atoms with Crippen molar-refractivity contribution in [2.24, 2.45) is 0 Å². The maximum Gasteiger partial charge on any atom is 0.315 e. The summed E-state index contributed by atoms with van der Waals surface area (Å²) in [5, 5.41) is 0. The zero-order valence-corrected chi connectivity index (χ0v) is 13.4. The number of rotatable bonds is 8. The molecule has 4 heteroatoms. The monoisotopic (exact) mass is 315 g/mol. The van der Waals surface area contributed by atoms with Crippen molar-refractivity contribution in [2.75, 3.05) is 18.1 Å². The Morgan fingerprint density at radius 1 is 1.00 bits per heavy atom. The van der Waals surface area contributed by atoms with Crippen molar-refractivity contribution < 1.29 is 9.53 Å². The van der Waals surface area contributed by atoms with Gasteiger partial charge in [-0.1, -0.05) is 42.5 Å². The predicted molar refractivity (Wildman–Crippen MR) is 92.7 cm³/mol. The summed E-state index contributed by atoms with van der Waals surface area (Å²) in [6.07, 6.45) is 1.80. The van der Waals surface area contributed by atoms with Gasteiger partial charge in [0, 0.05) is 11.4 Å². The fourth-order valence-corrected chi connectivity index (χ4v) is 2.79. The number of nitrogens with two attached hydrogens (primary N) is 1. The number of nitrogen functional groups attached to an aromatic ring is 1. The summed E-state index contributed by atoms with van der Waals surface area (Å²) in [6, 6.07) is 17.9. The second-order valence-corrected chi connectivity index (χ2v) is 6.03. The molecule has 2 aromatic carbocycles. The normalized spacial score (nSPS) is 10.4. The first-order valence-corrected chi connectivity index (χ1v) is 8.51. The van der Waals surface area contributed by atoms with E-state index in [9.17, 15) is 4.79 Å². The molecule has 2 aromatic rings. The number of hydrogen-bond acceptors (Lipinski definition) is 4. The van der Waals surface area contributed by atoms with E-state index in [0.29, 0.717) is 12.4 Å². The maximum atomic E-state index is 11.6. The highest BCUT2D eigenvalue weighted by Gasteiger charge is 2.03. The molecule has 3 nitrogen and oxygen atoms in total. The standard InChI is InChI=1S/C18H21NO2S/c19-17-10-8-16(9-11-17)13-22-14-18(20)21-12-4-7-15-5-2-1-3-6-15/h1-3,5-6,8-11H,4,7,12-14,19H2. The van der Waals surface area contributed by atoms with Gasteiger partial charge in [-0.3, -0.25) is 4.79 Å². The second kappa shape index (κ2) is 9.15. The van der Waals surface area contributed by atoms with Gasteiger partial charge < -0.3 is 10.5 Å². The van der Waals surface area contributed by atoms with Gasteiger partial charge in [-0.25, -0.2) is 0 Å². The maximum absolute atomic E-state index is 11.6. The van der Waals surface area contributed by atoms with E-state index in [1.807, 2.05) is 42.5 Å². The molecule has 0 amide bonds. The largest absolute Gasteiger partial charge is 0.465 e. The topological polar surface area (TPSA) is 52.3 Å². The van der Waals surface area contributed by atoms with Crippen molar-refractivity contribution in [1.82, 2.24) is 0 Å². The number of esters is 1. The molecule has 0 aromatic heterocycles. The molecule has 0 aliphatic rings. The number of benzene rings is 2. The van der Waals surface area contributed by atoms with Gasteiger partial charge in [0.15, 0.2) is 0 Å². The highest BCUT2D eigenvalue weighted by atomic mass is 32.2. The van der Waals surface area contributed by atoms with Crippen molar-refractivity contribution in [2.45, 2.75) is 18.6 Å². The van der Waals surface area contributed by atoms with Crippen LogP contribution in [0.5, 0.6) is 0 Å². The van der Waals surface area contributed by atoms with E-state index in [1.54, 1.807) is 11.8 Å². The van der Waals surface area contributed by atoms with Crippen LogP contribution in [0.15, 0.2) is 54.6 Å². The molecule has 0 heterocycles. The van der Waals surface area contributed by atoms with Crippen LogP contribution in [0.25, 0.3) is 0 Å². The van der Waals surface area contributed by atoms with Crippen molar-refractivity contribution in [3.05, 3.63) is 65.7 Å². The Morgan fingerprint density at radius 2 is 1.73 bits per heavy atom. The molecule has 0 bridgehead atoms. The summed E-state index contributed by atoms with van der Waals surface area (Å²) in [4.78, 5) is 11.6. The van der Waals surface area contributed by atoms with Gasteiger partial charge in [-0.2, -0.15) is 0 Å². The third-order valence-electron chi connectivity index (χ3n) is 3.18. The number of ether oxygens (including phenoxy) is 1. The number of anilines is 1. The SMILES string of the molecule is Nc1ccc(CSCC(=O)OCCCc2ccccc2)cc1. The molecular formula is C18H21NO2S. The summed E-state index contributed by atoms with van der Waals surface area (Å²) in [7, 11) is 0. The van der Waals surface area contributed by atoms with E-state index in [2.05, 4.69) is 12.1 Å². The average molecular weight is 315 g/mol. The van der Waals surface area contributed by atoms with E-state index in [1.165, 1.54) is 5.56 Å². The van der Waals surface area contributed by atoms with E-state index in [-0.39, 0.29) is 5.97 Å². The summed E-state index contributed by atoms with van der Waals surface area (Å²) in [6.45, 7) is 0.482. The van der Waals surface area contributed by atoms with Gasteiger partial charge >= 0.3 is 5.97 Å². The molecule has 0 radical (unpaired) electrons. The summed E-state index contributed by atoms with van der Waals surface area (Å²) in [5.74, 6) is 1.03. The number of hydrogen-bond donors (Lipinski definition) is 1. The third-order valence-corrected chi connectivity index (χ3v) is 4.16. The number of carbonyl (C=O) groups is 1. The zero-order valence-electron chi connectivity index (χ0n) is 12.5. The molecule has 0 saturated carbocycles. The van der Waals surface area contributed by atoms with Gasteiger partial charge in [0.25, 0.3) is 0 Å². The van der Waals surface area contributed by atoms with Crippen molar-refractivity contribution in [3.8, 4) is 0 Å². The van der Waals surface area contributed by atoms with Crippen molar-refractivity contribution >= 4 is 23.4 Å². The van der Waals surface area contributed by atoms with Crippen LogP contribution in [0.3, 0.4) is 0 Å². The van der Waals surface area contributed by atoms with Gasteiger partial charge in [0.05, 0.1) is 12.4 Å². The zero-order chi connectivity index (χ0) is 15.6. The minimum absolute atomic E-state index is 0.145. The molecule has 22 heavy (non-hydrogen) atoms. The summed E-state index contributed by atoms with van der Waals surface area (Å²) < 4.78 is 5.24. The molecule has 116 valence electrons. The average Bonchev–Trinajstić information content (AvgIpc) is 2.54. The van der Waals surface area contributed by atoms with E-state index in [0.717, 1.165) is 29.8 Å². The first-order chi connectivity index (χ1) is 10.7. The van der Waals surface area contributed by atoms with Crippen LogP contribution < -0.4 is 5.73 Å². The fourth-order valence-electron chi connectivity index (χ4n) is 2.01. The van der Waals surface area contributed by atoms with Crippen LogP contribution in [0.1, 0.15) is 17.5 Å². The molecule has 0 aliphatic heterocycles. The minimum atomic E-state index is -0.145. The number of carbonyl (C=O) groups excluding carboxylic acids is 1. The van der Waals surface area contributed by atoms with Gasteiger partial charge in [0.2, 0.25) is 0 Å². The summed E-state index contributed by atoms with van der Waals surface area (Å²) >= 11 is 1.56. The Morgan fingerprint density at radius 3 is 2.45 bits per heavy atom. The minimum Gasteiger partial charge on any atom is -0.465 e. The van der Waals surface area contributed by atoms with E-state index >= 15 is 0 Å². The van der Waals surface area contributed by atoms with Crippen LogP contribution in [0.4, 0.5) is 5.69 Å². The second-order valence-electron chi connectivity index (χ2n) is 5.04. The van der Waals surface area contributed by atoms with Crippen LogP contribution >= 0.6 is 11.8 Å². The molecule has 0 aliphatic carbocycles. The van der Waals surface area contributed by atoms with Gasteiger partial charge in [-0.05, 0) is 36.1 Å². The molecule has 2 N–H and O–H groups in total. The summed E-state index contributed by atoms with van der Waals surface area (Å²) in [5.41, 5.74) is 8.83. The predicted octanol–water partition coefficient (Wildman–Crippen LogP) is 3.68. The Hall–Kier alpha value is -1.94. The van der Waals surface area contributed by atoms with Crippen molar-refractivity contribution in [1.29, 1.82) is 0 Å². The number of aryl methyl sites for hydroxylation is 1. The Labute approximate surface area is 135 Å². The quantitative estimate of drug-likeness (QED) is 0.459. The molecule has 2 rings (SSSR count). The third kappa shape index (κ3) is 6.22. The lowest BCUT2D eigenvalue weighted by atomic mass is 10.1. The van der Waals surface area contributed by atoms with Crippen molar-refractivity contribution in [3.63, 3.8) is 0 Å². The molecule has 0 unspecified atom stereocenters. The van der Waals surface area contributed by atoms with Gasteiger partial charge in [0.1, 0.15) is 0 Å². The molecule has 0 saturated heterocycles. The first-order valence-electron chi connectivity index (χ1n) is 7.36. The Bertz CT molecular complexity index is 569. The number of thioether (sulfide) groups is 1. The van der Waals surface area contributed by atoms with Crippen LogP contribution in [0.2, 0.25) is 0 Å². The molecule has 0 spiro atoms. The van der Waals surface area contributed by atoms with E-state index < -0.39 is 0 Å². The van der Waals surface area contributed by atoms with Gasteiger partial charge in [-0.15, -0.1) is 11.8 Å². The fraction of sp³-hybridized carbons (Fsp3) is 0.278. The van der Waals surface area contributed by atoms with Crippen LogP contribution in [-0.4, -0.2) is 18.3 Å². The lowest BCUT2D eigenvalue weighted by Gasteiger charge is -2.05. The molecular weight excluding hydrogens is 294 g/mol. The lowest BCUT2D eigenvalue weighted by Crippen LogP contribution is -2.09.